The van der Waals surface area contributed by atoms with Gasteiger partial charge in [0, 0.05) is 30.4 Å². The van der Waals surface area contributed by atoms with E-state index in [1.807, 2.05) is 31.2 Å². The van der Waals surface area contributed by atoms with Crippen LogP contribution in [0.4, 0.5) is 10.1 Å². The minimum absolute atomic E-state index is 0.246. The van der Waals surface area contributed by atoms with Crippen molar-refractivity contribution in [2.75, 3.05) is 12.8 Å². The Morgan fingerprint density at radius 1 is 1.24 bits per heavy atom. The SMILES string of the molecule is Cc1ccccc1CN(C)C(=O)c1cc(N)c(C)c(F)c1. The molecule has 0 atom stereocenters. The molecule has 1 amide bonds. The highest BCUT2D eigenvalue weighted by Gasteiger charge is 2.15. The Labute approximate surface area is 124 Å². The van der Waals surface area contributed by atoms with Crippen molar-refractivity contribution in [2.45, 2.75) is 20.4 Å². The lowest BCUT2D eigenvalue weighted by Gasteiger charge is -2.19. The van der Waals surface area contributed by atoms with Crippen molar-refractivity contribution in [3.8, 4) is 0 Å². The summed E-state index contributed by atoms with van der Waals surface area (Å²) in [6, 6.07) is 10.6. The quantitative estimate of drug-likeness (QED) is 0.880. The highest BCUT2D eigenvalue weighted by Crippen LogP contribution is 2.19. The first-order valence-electron chi connectivity index (χ1n) is 6.75. The van der Waals surface area contributed by atoms with E-state index >= 15 is 0 Å². The summed E-state index contributed by atoms with van der Waals surface area (Å²) in [6.07, 6.45) is 0. The maximum atomic E-state index is 13.7. The molecule has 0 aliphatic heterocycles. The van der Waals surface area contributed by atoms with Gasteiger partial charge in [0.2, 0.25) is 0 Å². The van der Waals surface area contributed by atoms with Gasteiger partial charge in [-0.3, -0.25) is 4.79 Å². The number of aryl methyl sites for hydroxylation is 1. The number of hydrogen-bond donors (Lipinski definition) is 1. The number of nitrogens with zero attached hydrogens (tertiary/aromatic N) is 1. The molecule has 0 unspecified atom stereocenters. The van der Waals surface area contributed by atoms with Gasteiger partial charge in [-0.1, -0.05) is 24.3 Å². The molecule has 0 radical (unpaired) electrons. The van der Waals surface area contributed by atoms with Crippen LogP contribution in [0.2, 0.25) is 0 Å². The molecule has 0 saturated heterocycles. The Balaban J connectivity index is 2.22. The first-order valence-corrected chi connectivity index (χ1v) is 6.75. The lowest BCUT2D eigenvalue weighted by atomic mass is 10.1. The van der Waals surface area contributed by atoms with Gasteiger partial charge in [0.1, 0.15) is 5.82 Å². The lowest BCUT2D eigenvalue weighted by Crippen LogP contribution is -2.26. The third-order valence-corrected chi connectivity index (χ3v) is 3.65. The van der Waals surface area contributed by atoms with Gasteiger partial charge < -0.3 is 10.6 Å². The van der Waals surface area contributed by atoms with Gasteiger partial charge in [0.25, 0.3) is 5.91 Å². The topological polar surface area (TPSA) is 46.3 Å². The summed E-state index contributed by atoms with van der Waals surface area (Å²) < 4.78 is 13.7. The molecule has 0 aliphatic carbocycles. The van der Waals surface area contributed by atoms with Crippen molar-refractivity contribution in [2.24, 2.45) is 0 Å². The molecule has 0 bridgehead atoms. The van der Waals surface area contributed by atoms with Gasteiger partial charge in [-0.25, -0.2) is 4.39 Å². The minimum Gasteiger partial charge on any atom is -0.398 e. The Kier molecular flexibility index (Phi) is 4.26. The standard InChI is InChI=1S/C17H19FN2O/c1-11-6-4-5-7-13(11)10-20(3)17(21)14-8-15(18)12(2)16(19)9-14/h4-9H,10,19H2,1-3H3. The van der Waals surface area contributed by atoms with Gasteiger partial charge in [-0.15, -0.1) is 0 Å². The number of benzene rings is 2. The molecule has 0 aromatic heterocycles. The Morgan fingerprint density at radius 3 is 2.52 bits per heavy atom. The average Bonchev–Trinajstić information content (AvgIpc) is 2.45. The number of anilines is 1. The summed E-state index contributed by atoms with van der Waals surface area (Å²) in [6.45, 7) is 4.06. The molecule has 2 rings (SSSR count). The summed E-state index contributed by atoms with van der Waals surface area (Å²) in [7, 11) is 1.70. The van der Waals surface area contributed by atoms with Gasteiger partial charge in [0.05, 0.1) is 0 Å². The molecular formula is C17H19FN2O. The van der Waals surface area contributed by atoms with E-state index in [0.29, 0.717) is 17.8 Å². The van der Waals surface area contributed by atoms with Crippen LogP contribution in [0, 0.1) is 19.7 Å². The predicted molar refractivity (Wildman–Crippen MR) is 82.5 cm³/mol. The van der Waals surface area contributed by atoms with E-state index in [4.69, 9.17) is 5.73 Å². The number of carbonyl (C=O) groups is 1. The number of amides is 1. The zero-order valence-corrected chi connectivity index (χ0v) is 12.5. The van der Waals surface area contributed by atoms with E-state index in [1.165, 1.54) is 12.1 Å². The zero-order valence-electron chi connectivity index (χ0n) is 12.5. The summed E-state index contributed by atoms with van der Waals surface area (Å²) in [5.74, 6) is -0.702. The van der Waals surface area contributed by atoms with Gasteiger partial charge in [-0.05, 0) is 37.1 Å². The minimum atomic E-state index is -0.456. The average molecular weight is 286 g/mol. The first kappa shape index (κ1) is 15.0. The van der Waals surface area contributed by atoms with E-state index in [2.05, 4.69) is 0 Å². The first-order chi connectivity index (χ1) is 9.90. The molecule has 0 saturated carbocycles. The van der Waals surface area contributed by atoms with Crippen LogP contribution >= 0.6 is 0 Å². The molecule has 0 heterocycles. The highest BCUT2D eigenvalue weighted by molar-refractivity contribution is 5.95. The molecule has 0 fully saturated rings. The largest absolute Gasteiger partial charge is 0.398 e. The van der Waals surface area contributed by atoms with Crippen molar-refractivity contribution < 1.29 is 9.18 Å². The third-order valence-electron chi connectivity index (χ3n) is 3.65. The van der Waals surface area contributed by atoms with Crippen LogP contribution in [0.3, 0.4) is 0 Å². The second-order valence-corrected chi connectivity index (χ2v) is 5.26. The normalized spacial score (nSPS) is 10.5. The van der Waals surface area contributed by atoms with Crippen molar-refractivity contribution in [3.05, 3.63) is 64.5 Å². The molecule has 21 heavy (non-hydrogen) atoms. The predicted octanol–water partition coefficient (Wildman–Crippen LogP) is 3.30. The molecule has 3 nitrogen and oxygen atoms in total. The van der Waals surface area contributed by atoms with Crippen LogP contribution in [0.25, 0.3) is 0 Å². The summed E-state index contributed by atoms with van der Waals surface area (Å²) in [5.41, 5.74) is 8.84. The van der Waals surface area contributed by atoms with Gasteiger partial charge >= 0.3 is 0 Å². The van der Waals surface area contributed by atoms with E-state index < -0.39 is 5.82 Å². The number of nitrogen functional groups attached to an aromatic ring is 1. The fourth-order valence-corrected chi connectivity index (χ4v) is 2.16. The highest BCUT2D eigenvalue weighted by atomic mass is 19.1. The van der Waals surface area contributed by atoms with E-state index in [1.54, 1.807) is 18.9 Å². The Bertz CT molecular complexity index is 659. The van der Waals surface area contributed by atoms with Crippen LogP contribution < -0.4 is 5.73 Å². The molecule has 2 N–H and O–H groups in total. The molecule has 0 spiro atoms. The number of rotatable bonds is 3. The van der Waals surface area contributed by atoms with Crippen molar-refractivity contribution in [1.82, 2.24) is 4.90 Å². The van der Waals surface area contributed by atoms with Crippen LogP contribution in [0.5, 0.6) is 0 Å². The van der Waals surface area contributed by atoms with Crippen LogP contribution in [0.1, 0.15) is 27.0 Å². The van der Waals surface area contributed by atoms with E-state index in [-0.39, 0.29) is 11.5 Å². The number of halogens is 1. The fraction of sp³-hybridized carbons (Fsp3) is 0.235. The lowest BCUT2D eigenvalue weighted by molar-refractivity contribution is 0.0784. The second kappa shape index (κ2) is 5.95. The van der Waals surface area contributed by atoms with Crippen LogP contribution in [0.15, 0.2) is 36.4 Å². The summed E-state index contributed by atoms with van der Waals surface area (Å²) in [4.78, 5) is 13.9. The monoisotopic (exact) mass is 286 g/mol. The fourth-order valence-electron chi connectivity index (χ4n) is 2.16. The van der Waals surface area contributed by atoms with E-state index in [9.17, 15) is 9.18 Å². The molecular weight excluding hydrogens is 267 g/mol. The number of hydrogen-bond acceptors (Lipinski definition) is 2. The van der Waals surface area contributed by atoms with Crippen molar-refractivity contribution >= 4 is 11.6 Å². The third kappa shape index (κ3) is 3.21. The maximum Gasteiger partial charge on any atom is 0.254 e. The molecule has 4 heteroatoms. The molecule has 110 valence electrons. The van der Waals surface area contributed by atoms with Gasteiger partial charge in [0.15, 0.2) is 0 Å². The van der Waals surface area contributed by atoms with Crippen LogP contribution in [-0.2, 0) is 6.54 Å². The van der Waals surface area contributed by atoms with Crippen molar-refractivity contribution in [1.29, 1.82) is 0 Å². The van der Waals surface area contributed by atoms with Crippen LogP contribution in [-0.4, -0.2) is 17.9 Å². The second-order valence-electron chi connectivity index (χ2n) is 5.26. The van der Waals surface area contributed by atoms with Gasteiger partial charge in [-0.2, -0.15) is 0 Å². The van der Waals surface area contributed by atoms with E-state index in [0.717, 1.165) is 11.1 Å². The Morgan fingerprint density at radius 2 is 1.90 bits per heavy atom. The Hall–Kier alpha value is -2.36. The zero-order chi connectivity index (χ0) is 15.6. The maximum absolute atomic E-state index is 13.7. The number of nitrogens with two attached hydrogens (primary N) is 1. The molecule has 2 aromatic rings. The summed E-state index contributed by atoms with van der Waals surface area (Å²) in [5, 5.41) is 0. The smallest absolute Gasteiger partial charge is 0.254 e. The number of carbonyl (C=O) groups excluding carboxylic acids is 1. The van der Waals surface area contributed by atoms with Crippen molar-refractivity contribution in [3.63, 3.8) is 0 Å². The summed E-state index contributed by atoms with van der Waals surface area (Å²) >= 11 is 0. The molecule has 2 aromatic carbocycles. The molecule has 0 aliphatic rings.